The summed E-state index contributed by atoms with van der Waals surface area (Å²) < 4.78 is 28.3. The molecule has 1 unspecified atom stereocenters. The molecule has 3 saturated heterocycles. The monoisotopic (exact) mass is 601 g/mol. The van der Waals surface area contributed by atoms with Crippen molar-refractivity contribution < 1.29 is 52.8 Å². The number of amides is 2. The van der Waals surface area contributed by atoms with Gasteiger partial charge in [0.05, 0.1) is 42.5 Å². The number of carbonyl (C=O) groups is 5. The first-order valence-corrected chi connectivity index (χ1v) is 14.2. The molecule has 43 heavy (non-hydrogen) atoms. The van der Waals surface area contributed by atoms with Crippen LogP contribution in [0, 0.1) is 17.3 Å². The van der Waals surface area contributed by atoms with Crippen molar-refractivity contribution in [2.75, 3.05) is 40.1 Å². The summed E-state index contributed by atoms with van der Waals surface area (Å²) in [6, 6.07) is -1.08. The van der Waals surface area contributed by atoms with Crippen LogP contribution in [0.3, 0.4) is 0 Å². The van der Waals surface area contributed by atoms with E-state index in [0.717, 1.165) is 0 Å². The molecule has 4 heterocycles. The Bertz CT molecular complexity index is 1390. The third-order valence-corrected chi connectivity index (χ3v) is 9.44. The van der Waals surface area contributed by atoms with Gasteiger partial charge in [-0.2, -0.15) is 0 Å². The van der Waals surface area contributed by atoms with Crippen LogP contribution in [0.25, 0.3) is 0 Å². The SMILES string of the molecule is C=CCOC(=O)N1[C@H]2[C@@H]1CN1C3=C(C(=O)C4(OCCO4)C(CC4=C(O)CC(C)(C)CC4=O)C3=O)[C@@H](COC(N)=O)[C@@]21OC. The summed E-state index contributed by atoms with van der Waals surface area (Å²) in [5, 5.41) is 10.9. The van der Waals surface area contributed by atoms with Gasteiger partial charge in [-0.25, -0.2) is 9.59 Å². The van der Waals surface area contributed by atoms with Gasteiger partial charge in [0.2, 0.25) is 11.6 Å². The molecule has 0 radical (unpaired) electrons. The van der Waals surface area contributed by atoms with E-state index in [1.807, 2.05) is 13.8 Å². The number of fused-ring (bicyclic) bond motifs is 4. The van der Waals surface area contributed by atoms with Gasteiger partial charge in [-0.05, 0) is 11.8 Å². The van der Waals surface area contributed by atoms with Gasteiger partial charge >= 0.3 is 12.2 Å². The zero-order chi connectivity index (χ0) is 31.1. The number of allylic oxidation sites excluding steroid dienone is 3. The van der Waals surface area contributed by atoms with E-state index in [2.05, 4.69) is 6.58 Å². The number of rotatable bonds is 7. The molecule has 0 saturated carbocycles. The van der Waals surface area contributed by atoms with Gasteiger partial charge in [0.1, 0.15) is 19.3 Å². The average Bonchev–Trinajstić information content (AvgIpc) is 3.22. The minimum Gasteiger partial charge on any atom is -0.512 e. The van der Waals surface area contributed by atoms with Gasteiger partial charge in [-0.3, -0.25) is 19.3 Å². The fourth-order valence-corrected chi connectivity index (χ4v) is 7.77. The summed E-state index contributed by atoms with van der Waals surface area (Å²) in [6.07, 6.45) is -0.171. The Labute approximate surface area is 247 Å². The van der Waals surface area contributed by atoms with Gasteiger partial charge in [-0.15, -0.1) is 0 Å². The first-order valence-electron chi connectivity index (χ1n) is 14.2. The van der Waals surface area contributed by atoms with Crippen LogP contribution in [-0.4, -0.2) is 108 Å². The first-order chi connectivity index (χ1) is 20.3. The van der Waals surface area contributed by atoms with Crippen LogP contribution in [-0.2, 0) is 38.1 Å². The van der Waals surface area contributed by atoms with E-state index in [4.69, 9.17) is 29.4 Å². The molecule has 0 aromatic carbocycles. The number of Topliss-reactive ketones (excluding diaryl/α,β-unsaturated/α-hetero) is 3. The number of carbonyl (C=O) groups excluding carboxylic acids is 5. The summed E-state index contributed by atoms with van der Waals surface area (Å²) >= 11 is 0. The van der Waals surface area contributed by atoms with Crippen molar-refractivity contribution in [1.82, 2.24) is 9.80 Å². The predicted octanol–water partition coefficient (Wildman–Crippen LogP) is 1.10. The molecule has 2 amide bonds. The average molecular weight is 602 g/mol. The molecule has 6 aliphatic rings. The zero-order valence-corrected chi connectivity index (χ0v) is 24.3. The van der Waals surface area contributed by atoms with Crippen molar-refractivity contribution in [1.29, 1.82) is 0 Å². The Balaban J connectivity index is 1.43. The normalized spacial score (nSPS) is 33.5. The van der Waals surface area contributed by atoms with Crippen molar-refractivity contribution in [2.24, 2.45) is 23.0 Å². The number of piperazine rings is 1. The molecule has 0 bridgehead atoms. The summed E-state index contributed by atoms with van der Waals surface area (Å²) in [4.78, 5) is 69.9. The quantitative estimate of drug-likeness (QED) is 0.313. The summed E-state index contributed by atoms with van der Waals surface area (Å²) in [5.41, 5.74) is 3.42. The van der Waals surface area contributed by atoms with E-state index in [1.54, 1.807) is 4.90 Å². The van der Waals surface area contributed by atoms with E-state index >= 15 is 0 Å². The first kappa shape index (κ1) is 29.3. The van der Waals surface area contributed by atoms with Crippen molar-refractivity contribution in [3.8, 4) is 0 Å². The Kier molecular flexibility index (Phi) is 6.75. The van der Waals surface area contributed by atoms with E-state index in [1.165, 1.54) is 18.1 Å². The number of nitrogens with two attached hydrogens (primary N) is 1. The Morgan fingerprint density at radius 2 is 1.84 bits per heavy atom. The lowest BCUT2D eigenvalue weighted by atomic mass is 9.70. The third kappa shape index (κ3) is 4.06. The van der Waals surface area contributed by atoms with E-state index in [0.29, 0.717) is 0 Å². The molecule has 232 valence electrons. The minimum atomic E-state index is -2.07. The maximum Gasteiger partial charge on any atom is 0.410 e. The lowest BCUT2D eigenvalue weighted by Gasteiger charge is -2.41. The topological polar surface area (TPSA) is 184 Å². The number of aliphatic hydroxyl groups is 1. The molecule has 14 nitrogen and oxygen atoms in total. The van der Waals surface area contributed by atoms with Crippen LogP contribution in [0.1, 0.15) is 33.1 Å². The van der Waals surface area contributed by atoms with Crippen molar-refractivity contribution >= 4 is 29.5 Å². The van der Waals surface area contributed by atoms with E-state index in [9.17, 15) is 29.1 Å². The highest BCUT2D eigenvalue weighted by Gasteiger charge is 2.80. The molecule has 2 aliphatic carbocycles. The van der Waals surface area contributed by atoms with Crippen LogP contribution in [0.15, 0.2) is 35.3 Å². The van der Waals surface area contributed by atoms with Crippen LogP contribution in [0.5, 0.6) is 0 Å². The number of nitrogens with zero attached hydrogens (tertiary/aromatic N) is 2. The molecule has 14 heteroatoms. The number of ether oxygens (including phenoxy) is 5. The standard InChI is InChI=1S/C29H35N3O11/c1-5-6-40-26(38)32-17-12-31-21-20(16(13-41-25(30)37)28(31,39-4)23(17)32)24(36)29(42-7-8-43-29)15(22(21)35)9-14-18(33)10-27(2,3)11-19(14)34/h5,15-17,23,33H,1,6-13H2,2-4H3,(H2,30,37)/t15?,16-,17+,23+,28-,32?/m1/s1. The second-order valence-electron chi connectivity index (χ2n) is 12.5. The number of hydrogen-bond acceptors (Lipinski definition) is 12. The second kappa shape index (κ2) is 9.89. The lowest BCUT2D eigenvalue weighted by molar-refractivity contribution is -0.200. The molecule has 4 aliphatic heterocycles. The van der Waals surface area contributed by atoms with E-state index in [-0.39, 0.29) is 74.0 Å². The van der Waals surface area contributed by atoms with Crippen LogP contribution in [0.2, 0.25) is 0 Å². The molecule has 0 aromatic rings. The Hall–Kier alpha value is -3.75. The Morgan fingerprint density at radius 3 is 2.44 bits per heavy atom. The number of hydrogen-bond donors (Lipinski definition) is 2. The smallest absolute Gasteiger partial charge is 0.410 e. The summed E-state index contributed by atoms with van der Waals surface area (Å²) in [7, 11) is 1.38. The molecule has 1 spiro atoms. The molecule has 5 atom stereocenters. The molecule has 6 rings (SSSR count). The zero-order valence-electron chi connectivity index (χ0n) is 24.3. The summed E-state index contributed by atoms with van der Waals surface area (Å²) in [5.74, 6) is -6.07. The van der Waals surface area contributed by atoms with Gasteiger partial charge in [-0.1, -0.05) is 26.5 Å². The highest BCUT2D eigenvalue weighted by atomic mass is 16.7. The molecule has 0 aromatic heterocycles. The molecule has 3 fully saturated rings. The fourth-order valence-electron chi connectivity index (χ4n) is 7.77. The van der Waals surface area contributed by atoms with Gasteiger partial charge in [0.25, 0.3) is 0 Å². The number of ketones is 3. The second-order valence-corrected chi connectivity index (χ2v) is 12.5. The van der Waals surface area contributed by atoms with Crippen molar-refractivity contribution in [2.45, 2.75) is 56.7 Å². The van der Waals surface area contributed by atoms with Gasteiger partial charge in [0.15, 0.2) is 17.3 Å². The summed E-state index contributed by atoms with van der Waals surface area (Å²) in [6.45, 7) is 6.97. The van der Waals surface area contributed by atoms with Crippen molar-refractivity contribution in [3.05, 3.63) is 35.3 Å². The van der Waals surface area contributed by atoms with Gasteiger partial charge < -0.3 is 39.4 Å². The van der Waals surface area contributed by atoms with Crippen LogP contribution >= 0.6 is 0 Å². The Morgan fingerprint density at radius 1 is 1.14 bits per heavy atom. The van der Waals surface area contributed by atoms with Gasteiger partial charge in [0, 0.05) is 37.6 Å². The number of primary amides is 1. The largest absolute Gasteiger partial charge is 0.512 e. The fraction of sp³-hybridized carbons (Fsp3) is 0.621. The maximum absolute atomic E-state index is 14.6. The molecule has 3 N–H and O–H groups in total. The van der Waals surface area contributed by atoms with Crippen LogP contribution < -0.4 is 5.73 Å². The molecular weight excluding hydrogens is 566 g/mol. The maximum atomic E-state index is 14.6. The minimum absolute atomic E-state index is 0.0132. The predicted molar refractivity (Wildman–Crippen MR) is 144 cm³/mol. The van der Waals surface area contributed by atoms with E-state index < -0.39 is 71.2 Å². The highest BCUT2D eigenvalue weighted by Crippen LogP contribution is 2.61. The van der Waals surface area contributed by atoms with Crippen molar-refractivity contribution in [3.63, 3.8) is 0 Å². The highest BCUT2D eigenvalue weighted by molar-refractivity contribution is 6.18. The molecular formula is C29H35N3O11. The third-order valence-electron chi connectivity index (χ3n) is 9.44. The lowest BCUT2D eigenvalue weighted by Crippen LogP contribution is -2.56. The van der Waals surface area contributed by atoms with Crippen LogP contribution in [0.4, 0.5) is 9.59 Å². The number of aliphatic hydroxyl groups excluding tert-OH is 1. The number of methoxy groups -OCH3 is 1.